The number of nitriles is 1. The molecule has 182 valence electrons. The van der Waals surface area contributed by atoms with E-state index in [9.17, 15) is 18.4 Å². The molecule has 0 bridgehead atoms. The summed E-state index contributed by atoms with van der Waals surface area (Å²) in [4.78, 5) is 4.87. The van der Waals surface area contributed by atoms with E-state index in [1.807, 2.05) is 42.5 Å². The predicted molar refractivity (Wildman–Crippen MR) is 133 cm³/mol. The van der Waals surface area contributed by atoms with Crippen LogP contribution in [-0.2, 0) is 19.1 Å². The second-order valence-electron chi connectivity index (χ2n) is 9.61. The minimum atomic E-state index is -4.34. The number of halogens is 3. The van der Waals surface area contributed by atoms with Crippen molar-refractivity contribution in [3.05, 3.63) is 101 Å². The Kier molecular flexibility index (Phi) is 7.47. The van der Waals surface area contributed by atoms with Gasteiger partial charge >= 0.3 is 6.18 Å². The number of nitrogens with zero attached hydrogens (tertiary/aromatic N) is 3. The highest BCUT2D eigenvalue weighted by Gasteiger charge is 2.36. The molecular formula is C29H30F3N3. The molecule has 35 heavy (non-hydrogen) atoms. The van der Waals surface area contributed by atoms with Gasteiger partial charge in [0.05, 0.1) is 17.2 Å². The van der Waals surface area contributed by atoms with Crippen molar-refractivity contribution < 1.29 is 13.2 Å². The van der Waals surface area contributed by atoms with Crippen molar-refractivity contribution >= 4 is 5.69 Å². The van der Waals surface area contributed by atoms with Crippen LogP contribution in [0.1, 0.15) is 36.1 Å². The molecule has 0 aromatic heterocycles. The molecular weight excluding hydrogens is 447 g/mol. The second kappa shape index (κ2) is 10.5. The van der Waals surface area contributed by atoms with Crippen LogP contribution in [0.25, 0.3) is 0 Å². The van der Waals surface area contributed by atoms with Gasteiger partial charge in [-0.25, -0.2) is 0 Å². The average molecular weight is 478 g/mol. The topological polar surface area (TPSA) is 30.3 Å². The maximum atomic E-state index is 13.1. The molecule has 1 aliphatic rings. The molecule has 1 saturated heterocycles. The molecule has 4 rings (SSSR count). The van der Waals surface area contributed by atoms with Gasteiger partial charge in [-0.1, -0.05) is 56.3 Å². The van der Waals surface area contributed by atoms with E-state index in [0.29, 0.717) is 17.9 Å². The highest BCUT2D eigenvalue weighted by atomic mass is 19.4. The molecule has 3 nitrogen and oxygen atoms in total. The SMILES string of the molecule is CC(C)[C@H]1CN(Cc2ccccc2)C[C@@H](Cc2ccc(C(F)(F)F)cc2)N1c1ccc(C#N)cc1. The summed E-state index contributed by atoms with van der Waals surface area (Å²) in [5.74, 6) is 0.360. The molecule has 0 unspecified atom stereocenters. The Morgan fingerprint density at radius 2 is 1.54 bits per heavy atom. The van der Waals surface area contributed by atoms with Crippen LogP contribution in [0.15, 0.2) is 78.9 Å². The van der Waals surface area contributed by atoms with Crippen LogP contribution in [-0.4, -0.2) is 30.1 Å². The first kappa shape index (κ1) is 24.8. The number of hydrogen-bond donors (Lipinski definition) is 0. The number of anilines is 1. The van der Waals surface area contributed by atoms with Crippen molar-refractivity contribution in [1.82, 2.24) is 4.90 Å². The lowest BCUT2D eigenvalue weighted by molar-refractivity contribution is -0.137. The number of hydrogen-bond acceptors (Lipinski definition) is 3. The minimum Gasteiger partial charge on any atom is -0.362 e. The Morgan fingerprint density at radius 1 is 0.886 bits per heavy atom. The first-order valence-corrected chi connectivity index (χ1v) is 12.0. The predicted octanol–water partition coefficient (Wildman–Crippen LogP) is 6.54. The van der Waals surface area contributed by atoms with Crippen LogP contribution in [0, 0.1) is 17.2 Å². The number of rotatable bonds is 6. The highest BCUT2D eigenvalue weighted by molar-refractivity contribution is 5.52. The van der Waals surface area contributed by atoms with Crippen molar-refractivity contribution in [2.24, 2.45) is 5.92 Å². The summed E-state index contributed by atoms with van der Waals surface area (Å²) in [6.07, 6.45) is -3.71. The van der Waals surface area contributed by atoms with Gasteiger partial charge in [0, 0.05) is 37.4 Å². The van der Waals surface area contributed by atoms with Crippen molar-refractivity contribution in [2.45, 2.75) is 45.1 Å². The lowest BCUT2D eigenvalue weighted by atomic mass is 9.91. The summed E-state index contributed by atoms with van der Waals surface area (Å²) in [5, 5.41) is 9.23. The van der Waals surface area contributed by atoms with Crippen LogP contribution in [0.5, 0.6) is 0 Å². The third kappa shape index (κ3) is 6.04. The van der Waals surface area contributed by atoms with Gasteiger partial charge in [0.25, 0.3) is 0 Å². The van der Waals surface area contributed by atoms with Crippen molar-refractivity contribution in [2.75, 3.05) is 18.0 Å². The summed E-state index contributed by atoms with van der Waals surface area (Å²) < 4.78 is 39.3. The number of alkyl halides is 3. The standard InChI is InChI=1S/C29H30F3N3/c1-21(2)28-20-34(18-24-6-4-3-5-7-24)19-27(35(28)26-14-10-23(17-33)11-15-26)16-22-8-12-25(13-9-22)29(30,31)32/h3-15,21,27-28H,16,18-20H2,1-2H3/t27-,28-/m1/s1. The molecule has 0 radical (unpaired) electrons. The molecule has 1 aliphatic heterocycles. The van der Waals surface area contributed by atoms with Gasteiger partial charge in [0.1, 0.15) is 0 Å². The number of piperazine rings is 1. The van der Waals surface area contributed by atoms with Gasteiger partial charge in [-0.15, -0.1) is 0 Å². The van der Waals surface area contributed by atoms with Crippen molar-refractivity contribution in [1.29, 1.82) is 5.26 Å². The lowest BCUT2D eigenvalue weighted by Crippen LogP contribution is -2.61. The summed E-state index contributed by atoms with van der Waals surface area (Å²) in [5.41, 5.74) is 3.15. The third-order valence-electron chi connectivity index (χ3n) is 6.73. The van der Waals surface area contributed by atoms with Crippen LogP contribution in [0.3, 0.4) is 0 Å². The molecule has 1 fully saturated rings. The molecule has 0 amide bonds. The molecule has 0 saturated carbocycles. The molecule has 3 aromatic carbocycles. The zero-order valence-electron chi connectivity index (χ0n) is 20.0. The number of benzene rings is 3. The molecule has 0 aliphatic carbocycles. The first-order valence-electron chi connectivity index (χ1n) is 12.0. The maximum absolute atomic E-state index is 13.1. The second-order valence-corrected chi connectivity index (χ2v) is 9.61. The van der Waals surface area contributed by atoms with E-state index >= 15 is 0 Å². The Balaban J connectivity index is 1.66. The van der Waals surface area contributed by atoms with E-state index in [4.69, 9.17) is 0 Å². The molecule has 2 atom stereocenters. The monoisotopic (exact) mass is 477 g/mol. The quantitative estimate of drug-likeness (QED) is 0.404. The summed E-state index contributed by atoms with van der Waals surface area (Å²) in [7, 11) is 0. The molecule has 1 heterocycles. The van der Waals surface area contributed by atoms with Gasteiger partial charge in [-0.3, -0.25) is 4.90 Å². The van der Waals surface area contributed by atoms with Gasteiger partial charge in [-0.05, 0) is 59.9 Å². The molecule has 0 N–H and O–H groups in total. The zero-order valence-corrected chi connectivity index (χ0v) is 20.0. The summed E-state index contributed by atoms with van der Waals surface area (Å²) in [6.45, 7) is 6.93. The molecule has 0 spiro atoms. The smallest absolute Gasteiger partial charge is 0.362 e. The lowest BCUT2D eigenvalue weighted by Gasteiger charge is -2.50. The maximum Gasteiger partial charge on any atom is 0.416 e. The Labute approximate surface area is 205 Å². The highest BCUT2D eigenvalue weighted by Crippen LogP contribution is 2.32. The summed E-state index contributed by atoms with van der Waals surface area (Å²) >= 11 is 0. The molecule has 6 heteroatoms. The van der Waals surface area contributed by atoms with Crippen LogP contribution < -0.4 is 4.90 Å². The largest absolute Gasteiger partial charge is 0.416 e. The fourth-order valence-electron chi connectivity index (χ4n) is 4.96. The van der Waals surface area contributed by atoms with E-state index in [0.717, 1.165) is 30.9 Å². The minimum absolute atomic E-state index is 0.0736. The Morgan fingerprint density at radius 3 is 2.11 bits per heavy atom. The normalized spacial score (nSPS) is 19.1. The van der Waals surface area contributed by atoms with Gasteiger partial charge in [-0.2, -0.15) is 18.4 Å². The fourth-order valence-corrected chi connectivity index (χ4v) is 4.96. The van der Waals surface area contributed by atoms with E-state index in [2.05, 4.69) is 41.8 Å². The fraction of sp³-hybridized carbons (Fsp3) is 0.345. The molecule has 3 aromatic rings. The first-order chi connectivity index (χ1) is 16.7. The average Bonchev–Trinajstić information content (AvgIpc) is 2.84. The van der Waals surface area contributed by atoms with Crippen molar-refractivity contribution in [3.8, 4) is 6.07 Å². The van der Waals surface area contributed by atoms with Crippen LogP contribution in [0.4, 0.5) is 18.9 Å². The van der Waals surface area contributed by atoms with Gasteiger partial charge in [0.15, 0.2) is 0 Å². The van der Waals surface area contributed by atoms with Crippen LogP contribution in [0.2, 0.25) is 0 Å². The van der Waals surface area contributed by atoms with Gasteiger partial charge < -0.3 is 4.90 Å². The third-order valence-corrected chi connectivity index (χ3v) is 6.73. The van der Waals surface area contributed by atoms with Crippen molar-refractivity contribution in [3.63, 3.8) is 0 Å². The van der Waals surface area contributed by atoms with E-state index < -0.39 is 11.7 Å². The van der Waals surface area contributed by atoms with Crippen LogP contribution >= 0.6 is 0 Å². The summed E-state index contributed by atoms with van der Waals surface area (Å²) in [6, 6.07) is 26.0. The van der Waals surface area contributed by atoms with E-state index in [-0.39, 0.29) is 12.1 Å². The zero-order chi connectivity index (χ0) is 25.0. The Bertz CT molecular complexity index is 1130. The van der Waals surface area contributed by atoms with Gasteiger partial charge in [0.2, 0.25) is 0 Å². The Hall–Kier alpha value is -3.30. The van der Waals surface area contributed by atoms with E-state index in [1.165, 1.54) is 17.7 Å². The van der Waals surface area contributed by atoms with E-state index in [1.54, 1.807) is 12.1 Å².